The van der Waals surface area contributed by atoms with E-state index in [-0.39, 0.29) is 12.4 Å². The van der Waals surface area contributed by atoms with Gasteiger partial charge in [0.25, 0.3) is 0 Å². The average molecular weight is 244 g/mol. The first kappa shape index (κ1) is 14.2. The number of halogens is 1. The minimum Gasteiger partial charge on any atom is -0.396 e. The predicted molar refractivity (Wildman–Crippen MR) is 58.1 cm³/mol. The van der Waals surface area contributed by atoms with Gasteiger partial charge in [0.05, 0.1) is 5.75 Å². The normalized spacial score (nSPS) is 11.9. The Morgan fingerprint density at radius 2 is 1.86 bits per heavy atom. The topological polar surface area (TPSA) is 66.4 Å². The summed E-state index contributed by atoms with van der Waals surface area (Å²) in [6, 6.07) is 0. The van der Waals surface area contributed by atoms with Crippen LogP contribution in [0.5, 0.6) is 0 Å². The van der Waals surface area contributed by atoms with Gasteiger partial charge in [-0.25, -0.2) is 13.1 Å². The molecule has 0 heterocycles. The third-order valence-electron chi connectivity index (χ3n) is 1.70. The van der Waals surface area contributed by atoms with Crippen molar-refractivity contribution in [3.63, 3.8) is 0 Å². The second-order valence-electron chi connectivity index (χ2n) is 3.04. The molecule has 0 spiro atoms. The smallest absolute Gasteiger partial charge is 0.211 e. The third kappa shape index (κ3) is 8.74. The van der Waals surface area contributed by atoms with Gasteiger partial charge in [0, 0.05) is 19.0 Å². The highest BCUT2D eigenvalue weighted by Gasteiger charge is 2.07. The first-order chi connectivity index (χ1) is 6.62. The molecule has 0 aromatic carbocycles. The molecule has 0 radical (unpaired) electrons. The number of hydrogen-bond acceptors (Lipinski definition) is 3. The predicted octanol–water partition coefficient (Wildman–Crippen LogP) is 0.697. The summed E-state index contributed by atoms with van der Waals surface area (Å²) in [5, 5.41) is 8.46. The van der Waals surface area contributed by atoms with Crippen molar-refractivity contribution in [2.75, 3.05) is 24.8 Å². The van der Waals surface area contributed by atoms with Crippen LogP contribution in [0.4, 0.5) is 0 Å². The lowest BCUT2D eigenvalue weighted by Crippen LogP contribution is -2.27. The Balaban J connectivity index is 3.52. The highest BCUT2D eigenvalue weighted by Crippen LogP contribution is 1.99. The minimum absolute atomic E-state index is 0.00870. The van der Waals surface area contributed by atoms with Gasteiger partial charge in [-0.3, -0.25) is 0 Å². The van der Waals surface area contributed by atoms with Crippen LogP contribution in [-0.4, -0.2) is 38.3 Å². The maximum Gasteiger partial charge on any atom is 0.211 e. The molecular weight excluding hydrogens is 226 g/mol. The van der Waals surface area contributed by atoms with Crippen LogP contribution in [0.25, 0.3) is 0 Å². The molecule has 0 saturated heterocycles. The molecule has 0 aliphatic heterocycles. The molecule has 0 aliphatic rings. The molecule has 0 fully saturated rings. The van der Waals surface area contributed by atoms with Crippen LogP contribution >= 0.6 is 11.6 Å². The maximum atomic E-state index is 11.2. The molecule has 0 aromatic heterocycles. The van der Waals surface area contributed by atoms with Gasteiger partial charge in [-0.15, -0.1) is 11.6 Å². The molecule has 14 heavy (non-hydrogen) atoms. The van der Waals surface area contributed by atoms with Crippen molar-refractivity contribution in [3.8, 4) is 0 Å². The molecular formula is C8H18ClNO3S. The SMILES string of the molecule is O=S(=O)(CCCCCCl)NCCCO. The molecule has 4 nitrogen and oxygen atoms in total. The number of alkyl halides is 1. The molecule has 0 bridgehead atoms. The highest BCUT2D eigenvalue weighted by molar-refractivity contribution is 7.89. The minimum atomic E-state index is -3.14. The van der Waals surface area contributed by atoms with Crippen molar-refractivity contribution in [2.24, 2.45) is 0 Å². The summed E-state index contributed by atoms with van der Waals surface area (Å²) in [5.41, 5.74) is 0. The van der Waals surface area contributed by atoms with E-state index in [9.17, 15) is 8.42 Å². The number of nitrogens with one attached hydrogen (secondary N) is 1. The summed E-state index contributed by atoms with van der Waals surface area (Å²) < 4.78 is 24.9. The van der Waals surface area contributed by atoms with Crippen molar-refractivity contribution in [1.82, 2.24) is 4.72 Å². The fraction of sp³-hybridized carbons (Fsp3) is 1.00. The van der Waals surface area contributed by atoms with Gasteiger partial charge in [0.1, 0.15) is 0 Å². The zero-order valence-electron chi connectivity index (χ0n) is 8.21. The molecule has 2 N–H and O–H groups in total. The van der Waals surface area contributed by atoms with Crippen LogP contribution in [0.1, 0.15) is 25.7 Å². The summed E-state index contributed by atoms with van der Waals surface area (Å²) in [6.07, 6.45) is 2.79. The van der Waals surface area contributed by atoms with Crippen LogP contribution in [0.2, 0.25) is 0 Å². The van der Waals surface area contributed by atoms with E-state index < -0.39 is 10.0 Å². The number of aliphatic hydroxyl groups is 1. The monoisotopic (exact) mass is 243 g/mol. The zero-order chi connectivity index (χ0) is 10.9. The molecule has 6 heteroatoms. The summed E-state index contributed by atoms with van der Waals surface area (Å²) >= 11 is 5.46. The molecule has 0 aromatic rings. The zero-order valence-corrected chi connectivity index (χ0v) is 9.78. The molecule has 0 aliphatic carbocycles. The number of sulfonamides is 1. The van der Waals surface area contributed by atoms with Crippen molar-refractivity contribution in [2.45, 2.75) is 25.7 Å². The fourth-order valence-corrected chi connectivity index (χ4v) is 2.32. The van der Waals surface area contributed by atoms with Gasteiger partial charge < -0.3 is 5.11 Å². The first-order valence-corrected chi connectivity index (χ1v) is 6.95. The molecule has 0 atom stereocenters. The van der Waals surface area contributed by atoms with Crippen LogP contribution in [-0.2, 0) is 10.0 Å². The molecule has 0 amide bonds. The second-order valence-corrected chi connectivity index (χ2v) is 5.34. The Labute approximate surface area is 90.7 Å². The van der Waals surface area contributed by atoms with E-state index in [4.69, 9.17) is 16.7 Å². The van der Waals surface area contributed by atoms with Crippen molar-refractivity contribution >= 4 is 21.6 Å². The number of aliphatic hydroxyl groups excluding tert-OH is 1. The Bertz CT molecular complexity index is 219. The molecule has 0 saturated carbocycles. The Morgan fingerprint density at radius 1 is 1.14 bits per heavy atom. The van der Waals surface area contributed by atoms with Gasteiger partial charge in [-0.2, -0.15) is 0 Å². The molecule has 86 valence electrons. The van der Waals surface area contributed by atoms with Gasteiger partial charge in [-0.05, 0) is 19.3 Å². The van der Waals surface area contributed by atoms with E-state index in [0.717, 1.165) is 12.8 Å². The maximum absolute atomic E-state index is 11.2. The summed E-state index contributed by atoms with van der Waals surface area (Å²) in [5.74, 6) is 0.729. The lowest BCUT2D eigenvalue weighted by atomic mass is 10.3. The highest BCUT2D eigenvalue weighted by atomic mass is 35.5. The molecule has 0 rings (SSSR count). The van der Waals surface area contributed by atoms with Crippen molar-refractivity contribution in [3.05, 3.63) is 0 Å². The van der Waals surface area contributed by atoms with E-state index in [2.05, 4.69) is 4.72 Å². The summed E-state index contributed by atoms with van der Waals surface area (Å²) in [7, 11) is -3.14. The third-order valence-corrected chi connectivity index (χ3v) is 3.44. The number of rotatable bonds is 9. The van der Waals surface area contributed by atoms with E-state index >= 15 is 0 Å². The lowest BCUT2D eigenvalue weighted by Gasteiger charge is -2.04. The van der Waals surface area contributed by atoms with Gasteiger partial charge in [-0.1, -0.05) is 6.42 Å². The van der Waals surface area contributed by atoms with E-state index in [1.807, 2.05) is 0 Å². The lowest BCUT2D eigenvalue weighted by molar-refractivity contribution is 0.289. The molecule has 0 unspecified atom stereocenters. The van der Waals surface area contributed by atoms with Gasteiger partial charge >= 0.3 is 0 Å². The Hall–Kier alpha value is 0.160. The van der Waals surface area contributed by atoms with E-state index in [1.54, 1.807) is 0 Å². The Kier molecular flexibility index (Phi) is 8.56. The summed E-state index contributed by atoms with van der Waals surface area (Å²) in [6.45, 7) is 0.323. The summed E-state index contributed by atoms with van der Waals surface area (Å²) in [4.78, 5) is 0. The van der Waals surface area contributed by atoms with Crippen LogP contribution < -0.4 is 4.72 Å². The van der Waals surface area contributed by atoms with Gasteiger partial charge in [0.2, 0.25) is 10.0 Å². The van der Waals surface area contributed by atoms with E-state index in [1.165, 1.54) is 0 Å². The van der Waals surface area contributed by atoms with E-state index in [0.29, 0.717) is 25.3 Å². The van der Waals surface area contributed by atoms with Crippen LogP contribution in [0.3, 0.4) is 0 Å². The van der Waals surface area contributed by atoms with Crippen LogP contribution in [0, 0.1) is 0 Å². The fourth-order valence-electron chi connectivity index (χ4n) is 0.942. The largest absolute Gasteiger partial charge is 0.396 e. The average Bonchev–Trinajstić information content (AvgIpc) is 2.13. The standard InChI is InChI=1S/C8H18ClNO3S/c9-5-2-1-3-8-14(12,13)10-6-4-7-11/h10-11H,1-8H2. The number of unbranched alkanes of at least 4 members (excludes halogenated alkanes) is 2. The van der Waals surface area contributed by atoms with Crippen molar-refractivity contribution < 1.29 is 13.5 Å². The van der Waals surface area contributed by atoms with Crippen molar-refractivity contribution in [1.29, 1.82) is 0 Å². The van der Waals surface area contributed by atoms with Gasteiger partial charge in [0.15, 0.2) is 0 Å². The Morgan fingerprint density at radius 3 is 2.43 bits per heavy atom. The van der Waals surface area contributed by atoms with Crippen LogP contribution in [0.15, 0.2) is 0 Å². The second kappa shape index (κ2) is 8.47. The first-order valence-electron chi connectivity index (χ1n) is 4.76. The number of hydrogen-bond donors (Lipinski definition) is 2. The quantitative estimate of drug-likeness (QED) is 0.463.